The van der Waals surface area contributed by atoms with Gasteiger partial charge in [0, 0.05) is 29.4 Å². The molecule has 0 aromatic carbocycles. The molecule has 3 aliphatic carbocycles. The van der Waals surface area contributed by atoms with Gasteiger partial charge in [-0.1, -0.05) is 20.8 Å². The summed E-state index contributed by atoms with van der Waals surface area (Å²) in [6, 6.07) is 0. The predicted molar refractivity (Wildman–Crippen MR) is 101 cm³/mol. The van der Waals surface area contributed by atoms with Gasteiger partial charge in [0.05, 0.1) is 5.60 Å². The van der Waals surface area contributed by atoms with Gasteiger partial charge < -0.3 is 19.7 Å². The van der Waals surface area contributed by atoms with Gasteiger partial charge in [-0.2, -0.15) is 0 Å². The Balaban J connectivity index is 1.71. The molecule has 0 saturated heterocycles. The zero-order valence-corrected chi connectivity index (χ0v) is 17.4. The Labute approximate surface area is 166 Å². The number of fused-ring (bicyclic) bond motifs is 4. The van der Waals surface area contributed by atoms with Gasteiger partial charge in [-0.15, -0.1) is 0 Å². The highest BCUT2D eigenvalue weighted by Crippen LogP contribution is 2.66. The predicted octanol–water partition coefficient (Wildman–Crippen LogP) is 2.51. The van der Waals surface area contributed by atoms with E-state index in [0.717, 1.165) is 19.3 Å². The molecule has 0 amide bonds. The Morgan fingerprint density at radius 3 is 2.50 bits per heavy atom. The summed E-state index contributed by atoms with van der Waals surface area (Å²) in [5.74, 6) is -0.592. The highest BCUT2D eigenvalue weighted by Gasteiger charge is 2.67. The molecular formula is C22H32O6. The van der Waals surface area contributed by atoms with E-state index in [4.69, 9.17) is 9.47 Å². The SMILES string of the molecule is CC(=O)O[C@H]1CC[C@]2(C)[C@H](CC[C@@]3(O)[C@@H](O)C4=C(C)C(=O)O[C@@H]4C[C@@H]23)C1(C)C. The minimum absolute atomic E-state index is 0.148. The third-order valence-corrected chi connectivity index (χ3v) is 8.56. The number of esters is 2. The summed E-state index contributed by atoms with van der Waals surface area (Å²) in [5, 5.41) is 22.8. The van der Waals surface area contributed by atoms with E-state index in [-0.39, 0.29) is 40.7 Å². The Morgan fingerprint density at radius 1 is 1.18 bits per heavy atom. The molecule has 0 bridgehead atoms. The van der Waals surface area contributed by atoms with Crippen molar-refractivity contribution >= 4 is 11.9 Å². The van der Waals surface area contributed by atoms with Crippen LogP contribution in [0.1, 0.15) is 66.7 Å². The lowest BCUT2D eigenvalue weighted by Gasteiger charge is -2.65. The highest BCUT2D eigenvalue weighted by molar-refractivity contribution is 5.92. The van der Waals surface area contributed by atoms with E-state index >= 15 is 0 Å². The van der Waals surface area contributed by atoms with Crippen LogP contribution in [-0.2, 0) is 19.1 Å². The Bertz CT molecular complexity index is 754. The van der Waals surface area contributed by atoms with Gasteiger partial charge in [0.15, 0.2) is 0 Å². The van der Waals surface area contributed by atoms with E-state index in [1.807, 2.05) is 0 Å². The Kier molecular flexibility index (Phi) is 4.30. The molecule has 4 aliphatic rings. The third kappa shape index (κ3) is 2.46. The van der Waals surface area contributed by atoms with Crippen molar-refractivity contribution in [2.45, 2.75) is 90.6 Å². The molecule has 6 heteroatoms. The van der Waals surface area contributed by atoms with Crippen LogP contribution >= 0.6 is 0 Å². The summed E-state index contributed by atoms with van der Waals surface area (Å²) in [6.07, 6.45) is 1.61. The topological polar surface area (TPSA) is 93.1 Å². The van der Waals surface area contributed by atoms with Crippen molar-refractivity contribution in [1.29, 1.82) is 0 Å². The van der Waals surface area contributed by atoms with Crippen molar-refractivity contribution in [3.05, 3.63) is 11.1 Å². The van der Waals surface area contributed by atoms with Crippen molar-refractivity contribution in [2.75, 3.05) is 0 Å². The minimum Gasteiger partial charge on any atom is -0.462 e. The van der Waals surface area contributed by atoms with E-state index in [2.05, 4.69) is 20.8 Å². The maximum absolute atomic E-state index is 12.1. The molecule has 1 heterocycles. The molecular weight excluding hydrogens is 360 g/mol. The van der Waals surface area contributed by atoms with Crippen molar-refractivity contribution < 1.29 is 29.3 Å². The average molecular weight is 392 g/mol. The summed E-state index contributed by atoms with van der Waals surface area (Å²) in [4.78, 5) is 23.7. The third-order valence-electron chi connectivity index (χ3n) is 8.56. The van der Waals surface area contributed by atoms with Crippen molar-refractivity contribution in [2.24, 2.45) is 22.7 Å². The minimum atomic E-state index is -1.25. The van der Waals surface area contributed by atoms with Crippen LogP contribution in [0.4, 0.5) is 0 Å². The molecule has 4 rings (SSSR count). The molecule has 0 spiro atoms. The molecule has 0 aromatic heterocycles. The number of carbonyl (C=O) groups excluding carboxylic acids is 2. The number of aliphatic hydroxyl groups is 2. The summed E-state index contributed by atoms with van der Waals surface area (Å²) in [7, 11) is 0. The van der Waals surface area contributed by atoms with Crippen LogP contribution in [0.25, 0.3) is 0 Å². The van der Waals surface area contributed by atoms with Gasteiger partial charge in [0.1, 0.15) is 18.3 Å². The van der Waals surface area contributed by atoms with Gasteiger partial charge in [0.25, 0.3) is 0 Å². The van der Waals surface area contributed by atoms with Crippen LogP contribution in [0, 0.1) is 22.7 Å². The number of ether oxygens (including phenoxy) is 2. The summed E-state index contributed by atoms with van der Waals surface area (Å²) < 4.78 is 11.2. The maximum atomic E-state index is 12.1. The van der Waals surface area contributed by atoms with Crippen LogP contribution in [0.2, 0.25) is 0 Å². The Hall–Kier alpha value is -1.40. The first-order valence-electron chi connectivity index (χ1n) is 10.4. The number of rotatable bonds is 1. The second-order valence-corrected chi connectivity index (χ2v) is 10.2. The lowest BCUT2D eigenvalue weighted by atomic mass is 9.42. The largest absolute Gasteiger partial charge is 0.462 e. The van der Waals surface area contributed by atoms with Gasteiger partial charge in [-0.25, -0.2) is 4.79 Å². The smallest absolute Gasteiger partial charge is 0.334 e. The van der Waals surface area contributed by atoms with Crippen LogP contribution < -0.4 is 0 Å². The van der Waals surface area contributed by atoms with Crippen LogP contribution in [0.15, 0.2) is 11.1 Å². The molecule has 2 N–H and O–H groups in total. The first-order valence-corrected chi connectivity index (χ1v) is 10.4. The van der Waals surface area contributed by atoms with Crippen molar-refractivity contribution in [1.82, 2.24) is 0 Å². The maximum Gasteiger partial charge on any atom is 0.334 e. The first-order chi connectivity index (χ1) is 12.9. The van der Waals surface area contributed by atoms with Crippen molar-refractivity contribution in [3.63, 3.8) is 0 Å². The fraction of sp³-hybridized carbons (Fsp3) is 0.818. The fourth-order valence-electron chi connectivity index (χ4n) is 7.19. The summed E-state index contributed by atoms with van der Waals surface area (Å²) in [6.45, 7) is 9.62. The molecule has 6 nitrogen and oxygen atoms in total. The molecule has 3 saturated carbocycles. The number of carbonyl (C=O) groups is 2. The molecule has 0 unspecified atom stereocenters. The fourth-order valence-corrected chi connectivity index (χ4v) is 7.19. The van der Waals surface area contributed by atoms with Crippen molar-refractivity contribution in [3.8, 4) is 0 Å². The van der Waals surface area contributed by atoms with Gasteiger partial charge in [-0.3, -0.25) is 4.79 Å². The normalized spacial score (nSPS) is 47.0. The average Bonchev–Trinajstić information content (AvgIpc) is 2.87. The number of hydrogen-bond acceptors (Lipinski definition) is 6. The van der Waals surface area contributed by atoms with Gasteiger partial charge in [0.2, 0.25) is 0 Å². The molecule has 1 aliphatic heterocycles. The van der Waals surface area contributed by atoms with E-state index in [1.54, 1.807) is 6.92 Å². The van der Waals surface area contributed by atoms with E-state index in [1.165, 1.54) is 6.92 Å². The standard InChI is InChI=1S/C22H32O6/c1-11-17-13(28-19(11)25)10-15-21(5)8-7-16(27-12(2)23)20(3,4)14(21)6-9-22(15,26)18(17)24/h13-16,18,24,26H,6-10H2,1-5H3/t13-,14-,15+,16+,18+,21-,22+/m1/s1. The molecule has 0 aromatic rings. The van der Waals surface area contributed by atoms with E-state index in [9.17, 15) is 19.8 Å². The zero-order valence-electron chi connectivity index (χ0n) is 17.4. The first kappa shape index (κ1) is 19.9. The summed E-state index contributed by atoms with van der Waals surface area (Å²) in [5.41, 5.74) is -0.711. The molecule has 7 atom stereocenters. The van der Waals surface area contributed by atoms with E-state index < -0.39 is 17.8 Å². The van der Waals surface area contributed by atoms with Gasteiger partial charge in [-0.05, 0) is 50.4 Å². The Morgan fingerprint density at radius 2 is 1.86 bits per heavy atom. The van der Waals surface area contributed by atoms with Crippen LogP contribution in [0.5, 0.6) is 0 Å². The second-order valence-electron chi connectivity index (χ2n) is 10.2. The lowest BCUT2D eigenvalue weighted by molar-refractivity contribution is -0.243. The number of hydrogen-bond donors (Lipinski definition) is 2. The lowest BCUT2D eigenvalue weighted by Crippen LogP contribution is -2.67. The highest BCUT2D eigenvalue weighted by atomic mass is 16.6. The number of aliphatic hydroxyl groups excluding tert-OH is 1. The van der Waals surface area contributed by atoms with Crippen LogP contribution in [-0.4, -0.2) is 46.1 Å². The summed E-state index contributed by atoms with van der Waals surface area (Å²) >= 11 is 0. The molecule has 28 heavy (non-hydrogen) atoms. The van der Waals surface area contributed by atoms with Crippen LogP contribution in [0.3, 0.4) is 0 Å². The molecule has 3 fully saturated rings. The molecule has 0 radical (unpaired) electrons. The zero-order chi connectivity index (χ0) is 20.6. The van der Waals surface area contributed by atoms with Gasteiger partial charge >= 0.3 is 11.9 Å². The monoisotopic (exact) mass is 392 g/mol. The molecule has 156 valence electrons. The second kappa shape index (κ2) is 6.05. The quantitative estimate of drug-likeness (QED) is 0.666. The van der Waals surface area contributed by atoms with E-state index in [0.29, 0.717) is 24.0 Å².